The van der Waals surface area contributed by atoms with Crippen molar-refractivity contribution in [3.05, 3.63) is 59.7 Å². The third-order valence-electron chi connectivity index (χ3n) is 8.06. The van der Waals surface area contributed by atoms with Crippen LogP contribution in [0.25, 0.3) is 11.1 Å². The van der Waals surface area contributed by atoms with Gasteiger partial charge >= 0.3 is 18.1 Å². The van der Waals surface area contributed by atoms with Crippen molar-refractivity contribution >= 4 is 35.8 Å². The highest BCUT2D eigenvalue weighted by Gasteiger charge is 2.31. The maximum atomic E-state index is 13.2. The number of carboxylic acids is 1. The first-order valence-electron chi connectivity index (χ1n) is 16.1. The van der Waals surface area contributed by atoms with Crippen molar-refractivity contribution in [3.63, 3.8) is 0 Å². The largest absolute Gasteiger partial charge is 0.480 e. The van der Waals surface area contributed by atoms with E-state index in [0.717, 1.165) is 22.3 Å². The summed E-state index contributed by atoms with van der Waals surface area (Å²) in [5.41, 5.74) is 9.51. The quantitative estimate of drug-likeness (QED) is 0.117. The Morgan fingerprint density at radius 3 is 1.92 bits per heavy atom. The smallest absolute Gasteiger partial charge is 0.407 e. The van der Waals surface area contributed by atoms with Crippen molar-refractivity contribution in [2.24, 2.45) is 11.7 Å². The molecular formula is C34H46N6O8. The molecule has 3 rings (SSSR count). The minimum Gasteiger partial charge on any atom is -0.480 e. The van der Waals surface area contributed by atoms with Crippen molar-refractivity contribution in [2.75, 3.05) is 19.7 Å². The number of ether oxygens (including phenoxy) is 1. The lowest BCUT2D eigenvalue weighted by Crippen LogP contribution is -2.57. The SMILES string of the molecule is CC(=O)N[C@@H](CCCCNC(=O)OCC1c2ccccc2-c2ccccc21)C(=O)N[C@H](C(=O)N[C@@H](CCCNC(N)=O)C(=O)O)C(C)C. The highest BCUT2D eigenvalue weighted by Crippen LogP contribution is 2.44. The van der Waals surface area contributed by atoms with Gasteiger partial charge in [-0.05, 0) is 60.3 Å². The van der Waals surface area contributed by atoms with Crippen LogP contribution in [0.4, 0.5) is 9.59 Å². The molecule has 0 fully saturated rings. The summed E-state index contributed by atoms with van der Waals surface area (Å²) in [5.74, 6) is -3.45. The van der Waals surface area contributed by atoms with Crippen LogP contribution in [0.2, 0.25) is 0 Å². The van der Waals surface area contributed by atoms with Crippen molar-refractivity contribution in [2.45, 2.75) is 76.9 Å². The molecule has 0 saturated heterocycles. The van der Waals surface area contributed by atoms with E-state index in [1.165, 1.54) is 6.92 Å². The van der Waals surface area contributed by atoms with Gasteiger partial charge in [0.1, 0.15) is 24.7 Å². The number of aliphatic carboxylic acids is 1. The number of rotatable bonds is 18. The summed E-state index contributed by atoms with van der Waals surface area (Å²) in [6.07, 6.45) is 0.906. The molecule has 1 aliphatic carbocycles. The summed E-state index contributed by atoms with van der Waals surface area (Å²) in [4.78, 5) is 73.1. The van der Waals surface area contributed by atoms with Crippen LogP contribution in [0.3, 0.4) is 0 Å². The Hall–Kier alpha value is -5.14. The molecule has 2 aromatic rings. The maximum absolute atomic E-state index is 13.2. The van der Waals surface area contributed by atoms with Crippen LogP contribution < -0.4 is 32.3 Å². The van der Waals surface area contributed by atoms with E-state index in [9.17, 15) is 33.9 Å². The van der Waals surface area contributed by atoms with E-state index in [2.05, 4.69) is 38.7 Å². The number of benzene rings is 2. The van der Waals surface area contributed by atoms with Crippen LogP contribution in [0, 0.1) is 5.92 Å². The van der Waals surface area contributed by atoms with E-state index in [-0.39, 0.29) is 44.9 Å². The van der Waals surface area contributed by atoms with Crippen molar-refractivity contribution in [3.8, 4) is 11.1 Å². The van der Waals surface area contributed by atoms with Gasteiger partial charge < -0.3 is 42.2 Å². The van der Waals surface area contributed by atoms with Gasteiger partial charge in [0.15, 0.2) is 0 Å². The summed E-state index contributed by atoms with van der Waals surface area (Å²) in [6, 6.07) is 12.1. The molecule has 0 aromatic heterocycles. The van der Waals surface area contributed by atoms with Crippen LogP contribution in [0.15, 0.2) is 48.5 Å². The average molecular weight is 667 g/mol. The third kappa shape index (κ3) is 11.0. The van der Waals surface area contributed by atoms with Gasteiger partial charge in [-0.15, -0.1) is 0 Å². The number of fused-ring (bicyclic) bond motifs is 3. The van der Waals surface area contributed by atoms with E-state index < -0.39 is 59.9 Å². The predicted molar refractivity (Wildman–Crippen MR) is 178 cm³/mol. The molecule has 0 heterocycles. The number of alkyl carbamates (subject to hydrolysis) is 1. The zero-order chi connectivity index (χ0) is 35.2. The Balaban J connectivity index is 1.46. The second kappa shape index (κ2) is 18.3. The Morgan fingerprint density at radius 2 is 1.35 bits per heavy atom. The van der Waals surface area contributed by atoms with Gasteiger partial charge in [-0.1, -0.05) is 62.4 Å². The minimum absolute atomic E-state index is 0.0265. The molecule has 6 amide bonds. The fraction of sp³-hybridized carbons (Fsp3) is 0.471. The van der Waals surface area contributed by atoms with E-state index in [0.29, 0.717) is 12.8 Å². The summed E-state index contributed by atoms with van der Waals surface area (Å²) >= 11 is 0. The van der Waals surface area contributed by atoms with Crippen molar-refractivity contribution < 1.29 is 38.6 Å². The summed E-state index contributed by atoms with van der Waals surface area (Å²) in [7, 11) is 0. The molecule has 1 aliphatic rings. The third-order valence-corrected chi connectivity index (χ3v) is 8.06. The van der Waals surface area contributed by atoms with Crippen LogP contribution in [-0.4, -0.2) is 78.7 Å². The predicted octanol–water partition coefficient (Wildman–Crippen LogP) is 2.36. The van der Waals surface area contributed by atoms with Gasteiger partial charge in [-0.2, -0.15) is 0 Å². The number of nitrogens with two attached hydrogens (primary N) is 1. The Kier molecular flexibility index (Phi) is 14.2. The van der Waals surface area contributed by atoms with Crippen LogP contribution in [0.1, 0.15) is 69.9 Å². The lowest BCUT2D eigenvalue weighted by molar-refractivity contribution is -0.142. The number of unbranched alkanes of at least 4 members (excludes halogenated alkanes) is 1. The minimum atomic E-state index is -1.26. The molecule has 0 radical (unpaired) electrons. The molecule has 260 valence electrons. The van der Waals surface area contributed by atoms with Gasteiger partial charge in [0, 0.05) is 25.9 Å². The highest BCUT2D eigenvalue weighted by atomic mass is 16.5. The van der Waals surface area contributed by atoms with E-state index in [1.54, 1.807) is 13.8 Å². The van der Waals surface area contributed by atoms with Crippen molar-refractivity contribution in [1.82, 2.24) is 26.6 Å². The van der Waals surface area contributed by atoms with Crippen LogP contribution in [-0.2, 0) is 23.9 Å². The zero-order valence-corrected chi connectivity index (χ0v) is 27.5. The first kappa shape index (κ1) is 37.3. The van der Waals surface area contributed by atoms with Gasteiger partial charge in [-0.25, -0.2) is 14.4 Å². The molecule has 3 atom stereocenters. The summed E-state index contributed by atoms with van der Waals surface area (Å²) < 4.78 is 5.56. The molecule has 14 nitrogen and oxygen atoms in total. The van der Waals surface area contributed by atoms with Crippen LogP contribution >= 0.6 is 0 Å². The van der Waals surface area contributed by atoms with E-state index in [4.69, 9.17) is 10.5 Å². The lowest BCUT2D eigenvalue weighted by Gasteiger charge is -2.26. The first-order valence-corrected chi connectivity index (χ1v) is 16.1. The topological polar surface area (TPSA) is 218 Å². The number of carbonyl (C=O) groups excluding carboxylic acids is 5. The Morgan fingerprint density at radius 1 is 0.771 bits per heavy atom. The van der Waals surface area contributed by atoms with Crippen molar-refractivity contribution in [1.29, 1.82) is 0 Å². The number of amides is 6. The second-order valence-electron chi connectivity index (χ2n) is 12.1. The highest BCUT2D eigenvalue weighted by molar-refractivity contribution is 5.93. The second-order valence-corrected chi connectivity index (χ2v) is 12.1. The molecule has 48 heavy (non-hydrogen) atoms. The zero-order valence-electron chi connectivity index (χ0n) is 27.5. The number of hydrogen-bond acceptors (Lipinski definition) is 7. The normalized spacial score (nSPS) is 13.7. The molecule has 14 heteroatoms. The van der Waals surface area contributed by atoms with E-state index >= 15 is 0 Å². The number of nitrogens with one attached hydrogen (secondary N) is 5. The number of hydrogen-bond donors (Lipinski definition) is 7. The maximum Gasteiger partial charge on any atom is 0.407 e. The molecule has 8 N–H and O–H groups in total. The number of urea groups is 1. The van der Waals surface area contributed by atoms with Crippen LogP contribution in [0.5, 0.6) is 0 Å². The molecule has 2 aromatic carbocycles. The average Bonchev–Trinajstić information content (AvgIpc) is 3.36. The monoisotopic (exact) mass is 666 g/mol. The first-order chi connectivity index (χ1) is 22.9. The standard InChI is InChI=1S/C34H46N6O8/c1-20(2)29(31(43)39-28(32(44)45)16-10-18-36-33(35)46)40-30(42)27(38-21(3)41)15-8-9-17-37-34(47)48-19-26-24-13-6-4-11-22(24)23-12-5-7-14-25(23)26/h4-7,11-14,20,26-29H,8-10,15-19H2,1-3H3,(H,37,47)(H,38,41)(H,39,43)(H,40,42)(H,44,45)(H3,35,36,46)/t27-,28-,29-/m0/s1. The fourth-order valence-corrected chi connectivity index (χ4v) is 5.65. The number of carboxylic acid groups (broad SMARTS) is 1. The Labute approximate surface area is 279 Å². The molecular weight excluding hydrogens is 620 g/mol. The number of primary amides is 1. The Bertz CT molecular complexity index is 1420. The molecule has 0 bridgehead atoms. The van der Waals surface area contributed by atoms with Gasteiger partial charge in [0.05, 0.1) is 0 Å². The van der Waals surface area contributed by atoms with E-state index in [1.807, 2.05) is 36.4 Å². The lowest BCUT2D eigenvalue weighted by atomic mass is 9.98. The van der Waals surface area contributed by atoms with Gasteiger partial charge in [-0.3, -0.25) is 14.4 Å². The van der Waals surface area contributed by atoms with Gasteiger partial charge in [0.25, 0.3) is 0 Å². The molecule has 0 aliphatic heterocycles. The number of carbonyl (C=O) groups is 6. The summed E-state index contributed by atoms with van der Waals surface area (Å²) in [6.45, 7) is 5.27. The fourth-order valence-electron chi connectivity index (χ4n) is 5.65. The molecule has 0 saturated carbocycles. The molecule has 0 spiro atoms. The molecule has 0 unspecified atom stereocenters. The summed E-state index contributed by atoms with van der Waals surface area (Å²) in [5, 5.41) is 22.3. The van der Waals surface area contributed by atoms with Gasteiger partial charge in [0.2, 0.25) is 17.7 Å².